The zero-order valence-corrected chi connectivity index (χ0v) is 22.8. The molecule has 1 aromatic heterocycles. The molecule has 2 N–H and O–H groups in total. The average molecular weight is 539 g/mol. The number of hydrogen-bond acceptors (Lipinski definition) is 7. The third-order valence-electron chi connectivity index (χ3n) is 6.55. The van der Waals surface area contributed by atoms with E-state index in [4.69, 9.17) is 5.73 Å². The van der Waals surface area contributed by atoms with Crippen LogP contribution in [0.25, 0.3) is 11.0 Å². The van der Waals surface area contributed by atoms with E-state index >= 15 is 0 Å². The molecule has 0 aliphatic heterocycles. The molecular weight excluding hydrogens is 504 g/mol. The molecule has 1 heterocycles. The number of carbonyl (C=O) groups excluding carboxylic acids is 3. The molecule has 0 aliphatic rings. The summed E-state index contributed by atoms with van der Waals surface area (Å²) in [5.41, 5.74) is 5.51. The van der Waals surface area contributed by atoms with Gasteiger partial charge in [0, 0.05) is 42.0 Å². The van der Waals surface area contributed by atoms with Crippen molar-refractivity contribution in [2.24, 2.45) is 11.1 Å². The highest BCUT2D eigenvalue weighted by Crippen LogP contribution is 2.24. The molecule has 0 saturated carbocycles. The van der Waals surface area contributed by atoms with Gasteiger partial charge in [-0.15, -0.1) is 0 Å². The number of aromatic nitrogens is 2. The molecule has 0 fully saturated rings. The molecule has 0 unspecified atom stereocenters. The second kappa shape index (κ2) is 11.5. The molecule has 3 rings (SSSR count). The number of ketones is 1. The number of imidazole rings is 1. The molecule has 3 aromatic rings. The minimum atomic E-state index is -0.764. The summed E-state index contributed by atoms with van der Waals surface area (Å²) in [6.07, 6.45) is 0. The monoisotopic (exact) mass is 538 g/mol. The van der Waals surface area contributed by atoms with Crippen molar-refractivity contribution < 1.29 is 19.3 Å². The first-order valence-corrected chi connectivity index (χ1v) is 12.6. The van der Waals surface area contributed by atoms with E-state index in [0.717, 1.165) is 27.9 Å². The first-order valence-electron chi connectivity index (χ1n) is 12.6. The van der Waals surface area contributed by atoms with Gasteiger partial charge in [0.2, 0.25) is 11.8 Å². The van der Waals surface area contributed by atoms with E-state index in [1.54, 1.807) is 32.9 Å². The van der Waals surface area contributed by atoms with Crippen LogP contribution in [-0.2, 0) is 27.5 Å². The summed E-state index contributed by atoms with van der Waals surface area (Å²) in [6, 6.07) is 10.9. The van der Waals surface area contributed by atoms with Crippen molar-refractivity contribution in [1.29, 1.82) is 0 Å². The number of carbonyl (C=O) groups is 3. The standard InChI is InChI=1S/C27H34N6O6/c1-6-29(7-2)18-8-10-19(11-9-18)30(16-24(28)35)25(36)17-32-21-13-12-20(33(38)39)14-22(21)31(26(32)37)15-23(34)27(3,4)5/h8-14H,6-7,15-17H2,1-5H3,(H2,28,35). The minimum absolute atomic E-state index is 0.157. The van der Waals surface area contributed by atoms with Crippen LogP contribution < -0.4 is 21.2 Å². The number of primary amides is 1. The summed E-state index contributed by atoms with van der Waals surface area (Å²) in [7, 11) is 0. The summed E-state index contributed by atoms with van der Waals surface area (Å²) in [5.74, 6) is -1.59. The number of nitrogens with two attached hydrogens (primary N) is 1. The Morgan fingerprint density at radius 2 is 1.49 bits per heavy atom. The van der Waals surface area contributed by atoms with Crippen molar-refractivity contribution in [3.63, 3.8) is 0 Å². The Labute approximate surface area is 225 Å². The van der Waals surface area contributed by atoms with Gasteiger partial charge in [-0.2, -0.15) is 0 Å². The van der Waals surface area contributed by atoms with Crippen LogP contribution in [0.3, 0.4) is 0 Å². The van der Waals surface area contributed by atoms with Gasteiger partial charge in [0.15, 0.2) is 5.78 Å². The van der Waals surface area contributed by atoms with Crippen molar-refractivity contribution in [2.75, 3.05) is 29.4 Å². The third kappa shape index (κ3) is 6.33. The average Bonchev–Trinajstić information content (AvgIpc) is 3.13. The number of nitro benzene ring substituents is 1. The molecule has 12 nitrogen and oxygen atoms in total. The predicted octanol–water partition coefficient (Wildman–Crippen LogP) is 2.69. The SMILES string of the molecule is CCN(CC)c1ccc(N(CC(N)=O)C(=O)Cn2c(=O)n(CC(=O)C(C)(C)C)c3cc([N+](=O)[O-])ccc32)cc1. The molecule has 2 amide bonds. The fourth-order valence-electron chi connectivity index (χ4n) is 4.24. The van der Waals surface area contributed by atoms with Gasteiger partial charge in [-0.25, -0.2) is 4.79 Å². The van der Waals surface area contributed by atoms with E-state index < -0.39 is 40.9 Å². The number of anilines is 2. The number of nitrogens with zero attached hydrogens (tertiary/aromatic N) is 5. The number of rotatable bonds is 11. The maximum atomic E-state index is 13.5. The van der Waals surface area contributed by atoms with Crippen LogP contribution in [0.4, 0.5) is 17.1 Å². The Balaban J connectivity index is 2.06. The molecule has 0 spiro atoms. The lowest BCUT2D eigenvalue weighted by molar-refractivity contribution is -0.384. The van der Waals surface area contributed by atoms with Crippen molar-refractivity contribution in [3.05, 3.63) is 63.1 Å². The lowest BCUT2D eigenvalue weighted by Gasteiger charge is -2.24. The Hall–Kier alpha value is -4.48. The van der Waals surface area contributed by atoms with E-state index in [-0.39, 0.29) is 29.0 Å². The zero-order valence-electron chi connectivity index (χ0n) is 22.8. The van der Waals surface area contributed by atoms with Crippen LogP contribution in [0, 0.1) is 15.5 Å². The largest absolute Gasteiger partial charge is 0.372 e. The van der Waals surface area contributed by atoms with Gasteiger partial charge in [0.1, 0.15) is 13.1 Å². The molecule has 12 heteroatoms. The Morgan fingerprint density at radius 1 is 0.923 bits per heavy atom. The van der Waals surface area contributed by atoms with Crippen molar-refractivity contribution >= 4 is 45.7 Å². The zero-order chi connectivity index (χ0) is 29.1. The Morgan fingerprint density at radius 3 is 2.00 bits per heavy atom. The summed E-state index contributed by atoms with van der Waals surface area (Å²) in [6.45, 7) is 9.55. The van der Waals surface area contributed by atoms with Crippen LogP contribution in [0.5, 0.6) is 0 Å². The molecule has 2 aromatic carbocycles. The predicted molar refractivity (Wildman–Crippen MR) is 149 cm³/mol. The molecule has 0 atom stereocenters. The number of amides is 2. The number of fused-ring (bicyclic) bond motifs is 1. The van der Waals surface area contributed by atoms with E-state index in [0.29, 0.717) is 5.69 Å². The molecule has 39 heavy (non-hydrogen) atoms. The Kier molecular flexibility index (Phi) is 8.58. The number of hydrogen-bond donors (Lipinski definition) is 1. The van der Waals surface area contributed by atoms with Crippen LogP contribution in [0.2, 0.25) is 0 Å². The van der Waals surface area contributed by atoms with Gasteiger partial charge in [0.05, 0.1) is 22.5 Å². The smallest absolute Gasteiger partial charge is 0.330 e. The number of nitro groups is 1. The molecule has 0 bridgehead atoms. The normalized spacial score (nSPS) is 11.4. The van der Waals surface area contributed by atoms with E-state index in [1.165, 1.54) is 23.1 Å². The molecule has 0 saturated heterocycles. The van der Waals surface area contributed by atoms with Crippen LogP contribution in [0.1, 0.15) is 34.6 Å². The van der Waals surface area contributed by atoms with Crippen molar-refractivity contribution in [2.45, 2.75) is 47.7 Å². The maximum absolute atomic E-state index is 13.5. The van der Waals surface area contributed by atoms with Gasteiger partial charge in [-0.1, -0.05) is 20.8 Å². The van der Waals surface area contributed by atoms with Crippen LogP contribution >= 0.6 is 0 Å². The fourth-order valence-corrected chi connectivity index (χ4v) is 4.24. The van der Waals surface area contributed by atoms with Gasteiger partial charge in [0.25, 0.3) is 5.69 Å². The minimum Gasteiger partial charge on any atom is -0.372 e. The van der Waals surface area contributed by atoms with E-state index in [2.05, 4.69) is 4.90 Å². The van der Waals surface area contributed by atoms with E-state index in [1.807, 2.05) is 26.0 Å². The lowest BCUT2D eigenvalue weighted by Crippen LogP contribution is -2.42. The highest BCUT2D eigenvalue weighted by molar-refractivity contribution is 5.99. The Bertz CT molecular complexity index is 1460. The number of benzene rings is 2. The van der Waals surface area contributed by atoms with Crippen LogP contribution in [0.15, 0.2) is 47.3 Å². The first-order chi connectivity index (χ1) is 18.3. The lowest BCUT2D eigenvalue weighted by atomic mass is 9.91. The van der Waals surface area contributed by atoms with Gasteiger partial charge in [-0.05, 0) is 44.2 Å². The fraction of sp³-hybridized carbons (Fsp3) is 0.407. The topological polar surface area (TPSA) is 154 Å². The second-order valence-electron chi connectivity index (χ2n) is 10.2. The van der Waals surface area contributed by atoms with Gasteiger partial charge < -0.3 is 15.5 Å². The first kappa shape index (κ1) is 29.1. The van der Waals surface area contributed by atoms with Gasteiger partial charge >= 0.3 is 5.69 Å². The number of Topliss-reactive ketones (excluding diaryl/α,β-unsaturated/α-hetero) is 1. The van der Waals surface area contributed by atoms with Crippen molar-refractivity contribution in [1.82, 2.24) is 9.13 Å². The summed E-state index contributed by atoms with van der Waals surface area (Å²) < 4.78 is 2.29. The highest BCUT2D eigenvalue weighted by Gasteiger charge is 2.27. The molecule has 0 radical (unpaired) electrons. The molecular formula is C27H34N6O6. The summed E-state index contributed by atoms with van der Waals surface area (Å²) in [5, 5.41) is 11.4. The third-order valence-corrected chi connectivity index (χ3v) is 6.55. The van der Waals surface area contributed by atoms with Crippen LogP contribution in [-0.4, -0.2) is 51.3 Å². The van der Waals surface area contributed by atoms with Crippen molar-refractivity contribution in [3.8, 4) is 0 Å². The second-order valence-corrected chi connectivity index (χ2v) is 10.2. The summed E-state index contributed by atoms with van der Waals surface area (Å²) in [4.78, 5) is 65.7. The van der Waals surface area contributed by atoms with Gasteiger partial charge in [-0.3, -0.25) is 33.6 Å². The quantitative estimate of drug-likeness (QED) is 0.291. The highest BCUT2D eigenvalue weighted by atomic mass is 16.6. The maximum Gasteiger partial charge on any atom is 0.330 e. The summed E-state index contributed by atoms with van der Waals surface area (Å²) >= 11 is 0. The number of non-ortho nitro benzene ring substituents is 1. The molecule has 0 aliphatic carbocycles. The van der Waals surface area contributed by atoms with E-state index in [9.17, 15) is 29.3 Å². The molecule has 208 valence electrons.